The van der Waals surface area contributed by atoms with E-state index in [1.165, 1.54) is 11.8 Å². The van der Waals surface area contributed by atoms with Gasteiger partial charge in [0.1, 0.15) is 5.75 Å². The van der Waals surface area contributed by atoms with E-state index in [1.807, 2.05) is 55.5 Å². The predicted octanol–water partition coefficient (Wildman–Crippen LogP) is 5.38. The lowest BCUT2D eigenvalue weighted by atomic mass is 10.1. The number of hydrogen-bond donors (Lipinski definition) is 1. The van der Waals surface area contributed by atoms with Crippen LogP contribution in [0.1, 0.15) is 38.3 Å². The molecule has 1 N–H and O–H groups in total. The van der Waals surface area contributed by atoms with Gasteiger partial charge in [0.2, 0.25) is 5.91 Å². The fourth-order valence-corrected chi connectivity index (χ4v) is 4.02. The fourth-order valence-electron chi connectivity index (χ4n) is 3.11. The number of carbonyl (C=O) groups excluding carboxylic acids is 1. The van der Waals surface area contributed by atoms with E-state index < -0.39 is 0 Å². The molecule has 0 saturated carbocycles. The zero-order valence-corrected chi connectivity index (χ0v) is 19.5. The average Bonchev–Trinajstić information content (AvgIpc) is 3.19. The summed E-state index contributed by atoms with van der Waals surface area (Å²) in [6, 6.07) is 15.2. The van der Waals surface area contributed by atoms with E-state index in [1.54, 1.807) is 7.11 Å². The highest BCUT2D eigenvalue weighted by Crippen LogP contribution is 2.26. The molecule has 1 heterocycles. The largest absolute Gasteiger partial charge is 0.497 e. The highest BCUT2D eigenvalue weighted by atomic mass is 35.5. The molecule has 0 bridgehead atoms. The molecule has 31 heavy (non-hydrogen) atoms. The number of benzene rings is 2. The molecule has 1 unspecified atom stereocenters. The minimum atomic E-state index is -0.0989. The number of nitrogens with zero attached hydrogens (tertiary/aromatic N) is 3. The van der Waals surface area contributed by atoms with Crippen LogP contribution in [0.5, 0.6) is 5.75 Å². The number of carbonyl (C=O) groups is 1. The summed E-state index contributed by atoms with van der Waals surface area (Å²) in [5, 5.41) is 13.2. The van der Waals surface area contributed by atoms with Gasteiger partial charge >= 0.3 is 0 Å². The summed E-state index contributed by atoms with van der Waals surface area (Å²) in [7, 11) is 1.65. The van der Waals surface area contributed by atoms with Crippen molar-refractivity contribution in [3.8, 4) is 17.1 Å². The van der Waals surface area contributed by atoms with E-state index in [0.29, 0.717) is 5.02 Å². The summed E-state index contributed by atoms with van der Waals surface area (Å²) >= 11 is 7.34. The number of amides is 1. The van der Waals surface area contributed by atoms with Gasteiger partial charge in [-0.05, 0) is 55.3 Å². The van der Waals surface area contributed by atoms with Crippen LogP contribution >= 0.6 is 23.4 Å². The summed E-state index contributed by atoms with van der Waals surface area (Å²) in [6.07, 6.45) is 2.07. The molecule has 0 spiro atoms. The van der Waals surface area contributed by atoms with Gasteiger partial charge in [0, 0.05) is 17.1 Å². The zero-order chi connectivity index (χ0) is 22.2. The Balaban J connectivity index is 1.67. The minimum absolute atomic E-state index is 0.0523. The number of rotatable bonds is 10. The second-order valence-electron chi connectivity index (χ2n) is 7.17. The maximum atomic E-state index is 12.5. The van der Waals surface area contributed by atoms with Gasteiger partial charge in [-0.25, -0.2) is 0 Å². The van der Waals surface area contributed by atoms with Crippen LogP contribution in [-0.2, 0) is 11.3 Å². The van der Waals surface area contributed by atoms with Crippen molar-refractivity contribution in [1.82, 2.24) is 20.1 Å². The molecule has 0 saturated heterocycles. The van der Waals surface area contributed by atoms with Gasteiger partial charge < -0.3 is 14.6 Å². The molecule has 2 aromatic carbocycles. The first-order valence-electron chi connectivity index (χ1n) is 10.3. The van der Waals surface area contributed by atoms with Crippen LogP contribution in [0.4, 0.5) is 0 Å². The number of aromatic nitrogens is 3. The highest BCUT2D eigenvalue weighted by molar-refractivity contribution is 7.99. The number of ether oxygens (including phenoxy) is 1. The van der Waals surface area contributed by atoms with Crippen molar-refractivity contribution < 1.29 is 9.53 Å². The molecular weight excluding hydrogens is 432 g/mol. The van der Waals surface area contributed by atoms with Crippen molar-refractivity contribution in [1.29, 1.82) is 0 Å². The van der Waals surface area contributed by atoms with Crippen molar-refractivity contribution in [3.05, 3.63) is 59.1 Å². The summed E-state index contributed by atoms with van der Waals surface area (Å²) in [5.41, 5.74) is 1.98. The molecule has 0 radical (unpaired) electrons. The topological polar surface area (TPSA) is 69.0 Å². The Labute approximate surface area is 192 Å². The summed E-state index contributed by atoms with van der Waals surface area (Å²) in [6.45, 7) is 4.91. The predicted molar refractivity (Wildman–Crippen MR) is 126 cm³/mol. The van der Waals surface area contributed by atoms with Crippen molar-refractivity contribution in [2.24, 2.45) is 0 Å². The Bertz CT molecular complexity index is 990. The number of unbranched alkanes of at least 4 members (excludes halogenated alkanes) is 1. The van der Waals surface area contributed by atoms with E-state index in [-0.39, 0.29) is 17.7 Å². The molecule has 1 atom stereocenters. The highest BCUT2D eigenvalue weighted by Gasteiger charge is 2.16. The molecule has 0 aliphatic rings. The van der Waals surface area contributed by atoms with Gasteiger partial charge in [0.25, 0.3) is 0 Å². The van der Waals surface area contributed by atoms with Crippen molar-refractivity contribution >= 4 is 29.3 Å². The van der Waals surface area contributed by atoms with Crippen LogP contribution in [0.25, 0.3) is 11.4 Å². The molecule has 164 valence electrons. The number of nitrogens with one attached hydrogen (secondary N) is 1. The third kappa shape index (κ3) is 6.24. The van der Waals surface area contributed by atoms with Crippen molar-refractivity contribution in [3.63, 3.8) is 0 Å². The van der Waals surface area contributed by atoms with Gasteiger partial charge in [-0.15, -0.1) is 10.2 Å². The first kappa shape index (κ1) is 23.2. The monoisotopic (exact) mass is 458 g/mol. The Hall–Kier alpha value is -2.51. The third-order valence-electron chi connectivity index (χ3n) is 4.88. The van der Waals surface area contributed by atoms with Crippen molar-refractivity contribution in [2.75, 3.05) is 12.9 Å². The molecule has 0 fully saturated rings. The Morgan fingerprint density at radius 3 is 2.52 bits per heavy atom. The smallest absolute Gasteiger partial charge is 0.230 e. The van der Waals surface area contributed by atoms with E-state index in [2.05, 4.69) is 27.0 Å². The SMILES string of the molecule is CCCCn1c(SCC(=O)NC(C)c2ccc(Cl)cc2)nnc1-c1ccc(OC)cc1. The second-order valence-corrected chi connectivity index (χ2v) is 8.55. The van der Waals surface area contributed by atoms with E-state index in [4.69, 9.17) is 16.3 Å². The molecule has 3 aromatic rings. The Morgan fingerprint density at radius 1 is 1.16 bits per heavy atom. The quantitative estimate of drug-likeness (QED) is 0.413. The summed E-state index contributed by atoms with van der Waals surface area (Å²) < 4.78 is 7.33. The maximum absolute atomic E-state index is 12.5. The van der Waals surface area contributed by atoms with Gasteiger partial charge in [0.15, 0.2) is 11.0 Å². The van der Waals surface area contributed by atoms with Crippen molar-refractivity contribution in [2.45, 2.75) is 44.4 Å². The van der Waals surface area contributed by atoms with Crippen LogP contribution in [0, 0.1) is 0 Å². The normalized spacial score (nSPS) is 11.9. The molecule has 1 amide bonds. The number of hydrogen-bond acceptors (Lipinski definition) is 5. The fraction of sp³-hybridized carbons (Fsp3) is 0.348. The second kappa shape index (κ2) is 11.2. The molecule has 1 aromatic heterocycles. The van der Waals surface area contributed by atoms with Crippen LogP contribution < -0.4 is 10.1 Å². The van der Waals surface area contributed by atoms with E-state index >= 15 is 0 Å². The van der Waals surface area contributed by atoms with Gasteiger partial charge in [-0.3, -0.25) is 4.79 Å². The third-order valence-corrected chi connectivity index (χ3v) is 6.10. The maximum Gasteiger partial charge on any atom is 0.230 e. The lowest BCUT2D eigenvalue weighted by molar-refractivity contribution is -0.119. The first-order valence-corrected chi connectivity index (χ1v) is 11.6. The van der Waals surface area contributed by atoms with E-state index in [0.717, 1.165) is 47.2 Å². The van der Waals surface area contributed by atoms with Gasteiger partial charge in [-0.1, -0.05) is 48.8 Å². The minimum Gasteiger partial charge on any atom is -0.497 e. The molecule has 0 aliphatic heterocycles. The van der Waals surface area contributed by atoms with Crippen LogP contribution in [0.2, 0.25) is 5.02 Å². The first-order chi connectivity index (χ1) is 15.0. The molecular formula is C23H27ClN4O2S. The summed E-state index contributed by atoms with van der Waals surface area (Å²) in [5.74, 6) is 1.81. The molecule has 0 aliphatic carbocycles. The molecule has 3 rings (SSSR count). The number of thioether (sulfide) groups is 1. The van der Waals surface area contributed by atoms with Crippen LogP contribution in [-0.4, -0.2) is 33.5 Å². The molecule has 8 heteroatoms. The number of halogens is 1. The zero-order valence-electron chi connectivity index (χ0n) is 18.0. The lowest BCUT2D eigenvalue weighted by Gasteiger charge is -2.14. The van der Waals surface area contributed by atoms with E-state index in [9.17, 15) is 4.79 Å². The standard InChI is InChI=1S/C23H27ClN4O2S/c1-4-5-14-28-22(18-8-12-20(30-3)13-9-18)26-27-23(28)31-15-21(29)25-16(2)17-6-10-19(24)11-7-17/h6-13,16H,4-5,14-15H2,1-3H3,(H,25,29). The van der Waals surface area contributed by atoms with Crippen LogP contribution in [0.3, 0.4) is 0 Å². The van der Waals surface area contributed by atoms with Gasteiger partial charge in [0.05, 0.1) is 18.9 Å². The Kier molecular flexibility index (Phi) is 8.37. The Morgan fingerprint density at radius 2 is 1.87 bits per heavy atom. The lowest BCUT2D eigenvalue weighted by Crippen LogP contribution is -2.28. The number of methoxy groups -OCH3 is 1. The summed E-state index contributed by atoms with van der Waals surface area (Å²) in [4.78, 5) is 12.5. The van der Waals surface area contributed by atoms with Crippen LogP contribution in [0.15, 0.2) is 53.7 Å². The van der Waals surface area contributed by atoms with Gasteiger partial charge in [-0.2, -0.15) is 0 Å². The molecule has 6 nitrogen and oxygen atoms in total. The average molecular weight is 459 g/mol.